The molecule has 0 aromatic carbocycles. The van der Waals surface area contributed by atoms with Crippen LogP contribution in [-0.2, 0) is 21.4 Å². The van der Waals surface area contributed by atoms with Gasteiger partial charge in [-0.2, -0.15) is 4.31 Å². The minimum atomic E-state index is -3.42. The van der Waals surface area contributed by atoms with Gasteiger partial charge in [0.15, 0.2) is 0 Å². The highest BCUT2D eigenvalue weighted by atomic mass is 35.5. The molecule has 0 atom stereocenters. The summed E-state index contributed by atoms with van der Waals surface area (Å²) in [6, 6.07) is 7.37. The van der Waals surface area contributed by atoms with Gasteiger partial charge in [0.05, 0.1) is 4.34 Å². The van der Waals surface area contributed by atoms with E-state index in [2.05, 4.69) is 11.0 Å². The van der Waals surface area contributed by atoms with Crippen molar-refractivity contribution in [2.24, 2.45) is 5.92 Å². The Balaban J connectivity index is 1.26. The van der Waals surface area contributed by atoms with E-state index in [9.17, 15) is 13.2 Å². The van der Waals surface area contributed by atoms with Gasteiger partial charge in [-0.15, -0.1) is 22.7 Å². The monoisotopic (exact) mass is 473 g/mol. The first kappa shape index (κ1) is 21.3. The lowest BCUT2D eigenvalue weighted by molar-refractivity contribution is -0.138. The molecule has 2 aliphatic heterocycles. The van der Waals surface area contributed by atoms with Gasteiger partial charge in [0.25, 0.3) is 10.0 Å². The summed E-state index contributed by atoms with van der Waals surface area (Å²) in [7, 11) is -3.42. The van der Waals surface area contributed by atoms with E-state index in [0.717, 1.165) is 37.1 Å². The Morgan fingerprint density at radius 3 is 2.38 bits per heavy atom. The summed E-state index contributed by atoms with van der Waals surface area (Å²) in [4.78, 5) is 18.5. The number of hydrogen-bond donors (Lipinski definition) is 0. The minimum Gasteiger partial charge on any atom is -0.340 e. The molecule has 1 amide bonds. The van der Waals surface area contributed by atoms with Crippen LogP contribution in [0.1, 0.15) is 17.7 Å². The van der Waals surface area contributed by atoms with E-state index in [-0.39, 0.29) is 11.8 Å². The third kappa shape index (κ3) is 4.86. The van der Waals surface area contributed by atoms with Crippen molar-refractivity contribution in [1.29, 1.82) is 0 Å². The van der Waals surface area contributed by atoms with E-state index >= 15 is 0 Å². The van der Waals surface area contributed by atoms with Gasteiger partial charge in [-0.1, -0.05) is 17.7 Å². The maximum Gasteiger partial charge on any atom is 0.252 e. The Labute approximate surface area is 184 Å². The van der Waals surface area contributed by atoms with Gasteiger partial charge < -0.3 is 4.90 Å². The molecule has 2 aliphatic rings. The molecule has 6 nitrogen and oxygen atoms in total. The Kier molecular flexibility index (Phi) is 6.62. The van der Waals surface area contributed by atoms with E-state index < -0.39 is 10.0 Å². The second-order valence-corrected chi connectivity index (χ2v) is 12.3. The predicted octanol–water partition coefficient (Wildman–Crippen LogP) is 3.21. The van der Waals surface area contributed by atoms with Gasteiger partial charge in [-0.05, 0) is 36.4 Å². The van der Waals surface area contributed by atoms with Crippen LogP contribution in [0.15, 0.2) is 33.9 Å². The van der Waals surface area contributed by atoms with Crippen molar-refractivity contribution in [2.75, 3.05) is 39.3 Å². The van der Waals surface area contributed by atoms with Crippen LogP contribution in [0.2, 0.25) is 4.34 Å². The SMILES string of the molecule is O=C(C1CCN(S(=O)(=O)c2cccs2)CC1)N1CCN(Cc2ccc(Cl)s2)CC1. The Bertz CT molecular complexity index is 929. The summed E-state index contributed by atoms with van der Waals surface area (Å²) in [6.45, 7) is 4.86. The molecule has 2 saturated heterocycles. The molecule has 0 radical (unpaired) electrons. The molecular weight excluding hydrogens is 450 g/mol. The Morgan fingerprint density at radius 2 is 1.79 bits per heavy atom. The molecule has 0 spiro atoms. The largest absolute Gasteiger partial charge is 0.340 e. The highest BCUT2D eigenvalue weighted by molar-refractivity contribution is 7.91. The Morgan fingerprint density at radius 1 is 1.07 bits per heavy atom. The second kappa shape index (κ2) is 9.03. The number of amides is 1. The quantitative estimate of drug-likeness (QED) is 0.669. The zero-order valence-electron chi connectivity index (χ0n) is 16.0. The number of halogens is 1. The van der Waals surface area contributed by atoms with E-state index in [1.807, 2.05) is 11.0 Å². The number of carbonyl (C=O) groups is 1. The lowest BCUT2D eigenvalue weighted by Gasteiger charge is -2.38. The molecule has 0 saturated carbocycles. The molecule has 0 N–H and O–H groups in total. The summed E-state index contributed by atoms with van der Waals surface area (Å²) >= 11 is 8.84. The van der Waals surface area contributed by atoms with E-state index in [1.165, 1.54) is 20.5 Å². The standard InChI is InChI=1S/C19H24ClN3O3S3/c20-17-4-3-16(28-17)14-21-9-11-22(12-10-21)19(24)15-5-7-23(8-6-15)29(25,26)18-2-1-13-27-18/h1-4,13,15H,5-12,14H2. The lowest BCUT2D eigenvalue weighted by atomic mass is 9.96. The van der Waals surface area contributed by atoms with Gasteiger partial charge in [0, 0.05) is 56.6 Å². The highest BCUT2D eigenvalue weighted by Gasteiger charge is 2.35. The highest BCUT2D eigenvalue weighted by Crippen LogP contribution is 2.28. The normalized spacial score (nSPS) is 20.2. The topological polar surface area (TPSA) is 60.9 Å². The van der Waals surface area contributed by atoms with Gasteiger partial charge in [0.1, 0.15) is 4.21 Å². The first-order chi connectivity index (χ1) is 13.9. The van der Waals surface area contributed by atoms with Crippen LogP contribution in [0.3, 0.4) is 0 Å². The molecule has 2 aromatic rings. The first-order valence-corrected chi connectivity index (χ1v) is 13.2. The molecule has 0 bridgehead atoms. The first-order valence-electron chi connectivity index (χ1n) is 9.72. The van der Waals surface area contributed by atoms with Crippen molar-refractivity contribution in [3.05, 3.63) is 38.9 Å². The average molecular weight is 474 g/mol. The third-order valence-corrected chi connectivity index (χ3v) is 10.1. The summed E-state index contributed by atoms with van der Waals surface area (Å²) in [5, 5.41) is 1.77. The van der Waals surface area contributed by atoms with Gasteiger partial charge in [-0.3, -0.25) is 9.69 Å². The fraction of sp³-hybridized carbons (Fsp3) is 0.526. The van der Waals surface area contributed by atoms with Crippen LogP contribution in [0.4, 0.5) is 0 Å². The number of rotatable bonds is 5. The van der Waals surface area contributed by atoms with Crippen LogP contribution in [0.5, 0.6) is 0 Å². The third-order valence-electron chi connectivity index (χ3n) is 5.58. The van der Waals surface area contributed by atoms with Crippen LogP contribution in [0.25, 0.3) is 0 Å². The Hall–Kier alpha value is -0.970. The summed E-state index contributed by atoms with van der Waals surface area (Å²) in [6.07, 6.45) is 1.19. The van der Waals surface area contributed by atoms with E-state index in [0.29, 0.717) is 30.1 Å². The van der Waals surface area contributed by atoms with Crippen molar-refractivity contribution >= 4 is 50.2 Å². The molecule has 29 heavy (non-hydrogen) atoms. The van der Waals surface area contributed by atoms with Gasteiger partial charge in [-0.25, -0.2) is 8.42 Å². The molecule has 2 aromatic heterocycles. The number of thiophene rings is 2. The fourth-order valence-corrected chi connectivity index (χ4v) is 7.67. The maximum absolute atomic E-state index is 12.9. The number of sulfonamides is 1. The van der Waals surface area contributed by atoms with Crippen LogP contribution < -0.4 is 0 Å². The van der Waals surface area contributed by atoms with Crippen molar-refractivity contribution in [3.8, 4) is 0 Å². The average Bonchev–Trinajstić information content (AvgIpc) is 3.41. The maximum atomic E-state index is 12.9. The lowest BCUT2D eigenvalue weighted by Crippen LogP contribution is -2.51. The zero-order valence-corrected chi connectivity index (χ0v) is 19.2. The van der Waals surface area contributed by atoms with Crippen molar-refractivity contribution in [3.63, 3.8) is 0 Å². The second-order valence-electron chi connectivity index (χ2n) is 7.42. The fourth-order valence-electron chi connectivity index (χ4n) is 3.92. The molecule has 0 unspecified atom stereocenters. The molecule has 10 heteroatoms. The number of piperidine rings is 1. The molecular formula is C19H24ClN3O3S3. The summed E-state index contributed by atoms with van der Waals surface area (Å²) in [5.74, 6) is 0.101. The summed E-state index contributed by atoms with van der Waals surface area (Å²) < 4.78 is 28.0. The van der Waals surface area contributed by atoms with E-state index in [4.69, 9.17) is 11.6 Å². The predicted molar refractivity (Wildman–Crippen MR) is 117 cm³/mol. The molecule has 0 aliphatic carbocycles. The van der Waals surface area contributed by atoms with Gasteiger partial charge >= 0.3 is 0 Å². The van der Waals surface area contributed by atoms with Crippen molar-refractivity contribution in [1.82, 2.24) is 14.1 Å². The minimum absolute atomic E-state index is 0.0764. The number of piperazine rings is 1. The molecule has 4 heterocycles. The smallest absolute Gasteiger partial charge is 0.252 e. The van der Waals surface area contributed by atoms with Crippen LogP contribution in [-0.4, -0.2) is 67.7 Å². The van der Waals surface area contributed by atoms with Gasteiger partial charge in [0.2, 0.25) is 5.91 Å². The van der Waals surface area contributed by atoms with Crippen LogP contribution >= 0.6 is 34.3 Å². The molecule has 2 fully saturated rings. The molecule has 158 valence electrons. The summed E-state index contributed by atoms with van der Waals surface area (Å²) in [5.41, 5.74) is 0. The zero-order chi connectivity index (χ0) is 20.4. The number of hydrogen-bond acceptors (Lipinski definition) is 6. The van der Waals surface area contributed by atoms with Crippen molar-refractivity contribution in [2.45, 2.75) is 23.6 Å². The number of nitrogens with zero attached hydrogens (tertiary/aromatic N) is 3. The van der Waals surface area contributed by atoms with Crippen LogP contribution in [0, 0.1) is 5.92 Å². The van der Waals surface area contributed by atoms with E-state index in [1.54, 1.807) is 28.8 Å². The van der Waals surface area contributed by atoms with Crippen molar-refractivity contribution < 1.29 is 13.2 Å². The number of carbonyl (C=O) groups excluding carboxylic acids is 1. The molecule has 4 rings (SSSR count).